The Morgan fingerprint density at radius 2 is 2.30 bits per heavy atom. The molecule has 2 rings (SSSR count). The lowest BCUT2D eigenvalue weighted by atomic mass is 10.2. The summed E-state index contributed by atoms with van der Waals surface area (Å²) < 4.78 is 5.59. The molecule has 0 aromatic heterocycles. The van der Waals surface area contributed by atoms with E-state index in [4.69, 9.17) is 10.5 Å². The Labute approximate surface area is 120 Å². The van der Waals surface area contributed by atoms with Crippen molar-refractivity contribution >= 4 is 17.3 Å². The number of benzene rings is 1. The average Bonchev–Trinajstić information content (AvgIpc) is 2.45. The van der Waals surface area contributed by atoms with Crippen LogP contribution in [0.15, 0.2) is 18.2 Å². The number of carbonyl (C=O) groups is 1. The van der Waals surface area contributed by atoms with E-state index in [0.29, 0.717) is 25.4 Å². The fourth-order valence-corrected chi connectivity index (χ4v) is 2.26. The molecule has 1 aromatic rings. The molecule has 0 saturated heterocycles. The van der Waals surface area contributed by atoms with Gasteiger partial charge in [0.1, 0.15) is 12.4 Å². The molecule has 1 aliphatic heterocycles. The molecule has 5 heteroatoms. The second kappa shape index (κ2) is 6.50. The monoisotopic (exact) mass is 277 g/mol. The van der Waals surface area contributed by atoms with Gasteiger partial charge in [0.2, 0.25) is 5.91 Å². The van der Waals surface area contributed by atoms with Crippen LogP contribution in [-0.2, 0) is 4.79 Å². The molecule has 5 nitrogen and oxygen atoms in total. The second-order valence-corrected chi connectivity index (χ2v) is 5.17. The smallest absolute Gasteiger partial charge is 0.241 e. The van der Waals surface area contributed by atoms with Crippen molar-refractivity contribution in [2.24, 2.45) is 0 Å². The molecule has 20 heavy (non-hydrogen) atoms. The second-order valence-electron chi connectivity index (χ2n) is 5.17. The largest absolute Gasteiger partial charge is 0.490 e. The van der Waals surface area contributed by atoms with Crippen LogP contribution >= 0.6 is 0 Å². The number of carbonyl (C=O) groups excluding carboxylic acids is 1. The summed E-state index contributed by atoms with van der Waals surface area (Å²) in [5.41, 5.74) is 7.42. The number of unbranched alkanes of at least 4 members (excludes halogenated alkanes) is 1. The first kappa shape index (κ1) is 14.5. The summed E-state index contributed by atoms with van der Waals surface area (Å²) in [4.78, 5) is 16.1. The van der Waals surface area contributed by atoms with Gasteiger partial charge in [-0.2, -0.15) is 0 Å². The molecule has 110 valence electrons. The SMILES string of the molecule is CCCCN(C)C(=O)CN1CCOc2ccc(N)cc21. The van der Waals surface area contributed by atoms with Gasteiger partial charge in [0, 0.05) is 19.3 Å². The molecular formula is C15H23N3O2. The van der Waals surface area contributed by atoms with E-state index in [1.54, 1.807) is 4.90 Å². The molecular weight excluding hydrogens is 254 g/mol. The highest BCUT2D eigenvalue weighted by atomic mass is 16.5. The summed E-state index contributed by atoms with van der Waals surface area (Å²) in [6.07, 6.45) is 2.13. The third-order valence-corrected chi connectivity index (χ3v) is 3.54. The topological polar surface area (TPSA) is 58.8 Å². The number of fused-ring (bicyclic) bond motifs is 1. The minimum absolute atomic E-state index is 0.133. The van der Waals surface area contributed by atoms with Gasteiger partial charge in [-0.15, -0.1) is 0 Å². The van der Waals surface area contributed by atoms with Crippen molar-refractivity contribution in [3.05, 3.63) is 18.2 Å². The highest BCUT2D eigenvalue weighted by Gasteiger charge is 2.21. The van der Waals surface area contributed by atoms with Crippen molar-refractivity contribution in [3.63, 3.8) is 0 Å². The Balaban J connectivity index is 2.04. The van der Waals surface area contributed by atoms with Crippen molar-refractivity contribution in [2.45, 2.75) is 19.8 Å². The predicted molar refractivity (Wildman–Crippen MR) is 81.1 cm³/mol. The zero-order valence-corrected chi connectivity index (χ0v) is 12.3. The van der Waals surface area contributed by atoms with Gasteiger partial charge in [-0.1, -0.05) is 13.3 Å². The van der Waals surface area contributed by atoms with Gasteiger partial charge in [0.05, 0.1) is 18.8 Å². The molecule has 0 atom stereocenters. The van der Waals surface area contributed by atoms with Crippen LogP contribution in [0.1, 0.15) is 19.8 Å². The van der Waals surface area contributed by atoms with Crippen molar-refractivity contribution in [1.82, 2.24) is 4.90 Å². The molecule has 0 radical (unpaired) electrons. The summed E-state index contributed by atoms with van der Waals surface area (Å²) >= 11 is 0. The molecule has 0 saturated carbocycles. The fourth-order valence-electron chi connectivity index (χ4n) is 2.26. The fraction of sp³-hybridized carbons (Fsp3) is 0.533. The van der Waals surface area contributed by atoms with Crippen molar-refractivity contribution in [2.75, 3.05) is 43.9 Å². The minimum Gasteiger partial charge on any atom is -0.490 e. The van der Waals surface area contributed by atoms with Crippen molar-refractivity contribution < 1.29 is 9.53 Å². The van der Waals surface area contributed by atoms with Crippen molar-refractivity contribution in [3.8, 4) is 5.75 Å². The summed E-state index contributed by atoms with van der Waals surface area (Å²) in [6, 6.07) is 5.55. The Morgan fingerprint density at radius 1 is 1.50 bits per heavy atom. The van der Waals surface area contributed by atoms with Crippen LogP contribution < -0.4 is 15.4 Å². The van der Waals surface area contributed by atoms with Gasteiger partial charge < -0.3 is 20.3 Å². The molecule has 1 aromatic carbocycles. The van der Waals surface area contributed by atoms with E-state index >= 15 is 0 Å². The molecule has 0 fully saturated rings. The van der Waals surface area contributed by atoms with E-state index in [1.807, 2.05) is 30.1 Å². The van der Waals surface area contributed by atoms with Crippen molar-refractivity contribution in [1.29, 1.82) is 0 Å². The van der Waals surface area contributed by atoms with Crippen LogP contribution in [0, 0.1) is 0 Å². The first-order valence-corrected chi connectivity index (χ1v) is 7.13. The Hall–Kier alpha value is -1.91. The van der Waals surface area contributed by atoms with Crippen LogP contribution in [0.3, 0.4) is 0 Å². The zero-order valence-electron chi connectivity index (χ0n) is 12.3. The molecule has 0 unspecified atom stereocenters. The van der Waals surface area contributed by atoms with Crippen LogP contribution in [0.2, 0.25) is 0 Å². The summed E-state index contributed by atoms with van der Waals surface area (Å²) in [6.45, 7) is 4.62. The first-order chi connectivity index (χ1) is 9.61. The maximum absolute atomic E-state index is 12.2. The van der Waals surface area contributed by atoms with E-state index in [9.17, 15) is 4.79 Å². The van der Waals surface area contributed by atoms with Gasteiger partial charge >= 0.3 is 0 Å². The number of hydrogen-bond acceptors (Lipinski definition) is 4. The standard InChI is InChI=1S/C15H23N3O2/c1-3-4-7-17(2)15(19)11-18-8-9-20-14-6-5-12(16)10-13(14)18/h5-6,10H,3-4,7-9,11,16H2,1-2H3. The molecule has 0 bridgehead atoms. The van der Waals surface area contributed by atoms with Gasteiger partial charge in [-0.25, -0.2) is 0 Å². The normalized spacial score (nSPS) is 13.6. The van der Waals surface area contributed by atoms with Gasteiger partial charge in [-0.05, 0) is 24.6 Å². The van der Waals surface area contributed by atoms with E-state index < -0.39 is 0 Å². The molecule has 2 N–H and O–H groups in total. The number of anilines is 2. The first-order valence-electron chi connectivity index (χ1n) is 7.13. The van der Waals surface area contributed by atoms with Gasteiger partial charge in [0.15, 0.2) is 0 Å². The highest BCUT2D eigenvalue weighted by molar-refractivity contribution is 5.82. The maximum Gasteiger partial charge on any atom is 0.241 e. The molecule has 1 amide bonds. The summed E-state index contributed by atoms with van der Waals surface area (Å²) in [7, 11) is 1.86. The van der Waals surface area contributed by atoms with E-state index in [-0.39, 0.29) is 5.91 Å². The van der Waals surface area contributed by atoms with E-state index in [2.05, 4.69) is 6.92 Å². The lowest BCUT2D eigenvalue weighted by molar-refractivity contribution is -0.128. The third-order valence-electron chi connectivity index (χ3n) is 3.54. The lowest BCUT2D eigenvalue weighted by Crippen LogP contribution is -2.42. The minimum atomic E-state index is 0.133. The number of rotatable bonds is 5. The number of ether oxygens (including phenoxy) is 1. The Morgan fingerprint density at radius 3 is 3.05 bits per heavy atom. The highest BCUT2D eigenvalue weighted by Crippen LogP contribution is 2.33. The molecule has 0 aliphatic carbocycles. The average molecular weight is 277 g/mol. The van der Waals surface area contributed by atoms with E-state index in [0.717, 1.165) is 30.8 Å². The van der Waals surface area contributed by atoms with Crippen LogP contribution in [0.4, 0.5) is 11.4 Å². The van der Waals surface area contributed by atoms with E-state index in [1.165, 1.54) is 0 Å². The lowest BCUT2D eigenvalue weighted by Gasteiger charge is -2.32. The maximum atomic E-state index is 12.2. The molecule has 1 heterocycles. The van der Waals surface area contributed by atoms with Gasteiger partial charge in [0.25, 0.3) is 0 Å². The van der Waals surface area contributed by atoms with Crippen LogP contribution in [0.5, 0.6) is 5.75 Å². The summed E-state index contributed by atoms with van der Waals surface area (Å²) in [5.74, 6) is 0.934. The Bertz CT molecular complexity index is 476. The third kappa shape index (κ3) is 3.35. The zero-order chi connectivity index (χ0) is 14.5. The van der Waals surface area contributed by atoms with Crippen LogP contribution in [-0.4, -0.2) is 44.1 Å². The number of nitrogens with two attached hydrogens (primary N) is 1. The number of likely N-dealkylation sites (N-methyl/N-ethyl adjacent to an activating group) is 1. The quantitative estimate of drug-likeness (QED) is 0.833. The number of amides is 1. The molecule has 0 spiro atoms. The summed E-state index contributed by atoms with van der Waals surface area (Å²) in [5, 5.41) is 0. The number of nitrogens with zero attached hydrogens (tertiary/aromatic N) is 2. The van der Waals surface area contributed by atoms with Gasteiger partial charge in [-0.3, -0.25) is 4.79 Å². The predicted octanol–water partition coefficient (Wildman–Crippen LogP) is 1.73. The Kier molecular flexibility index (Phi) is 4.71. The number of hydrogen-bond donors (Lipinski definition) is 1. The number of nitrogen functional groups attached to an aromatic ring is 1. The van der Waals surface area contributed by atoms with Crippen LogP contribution in [0.25, 0.3) is 0 Å². The molecule has 1 aliphatic rings.